The molecule has 0 aromatic rings. The van der Waals surface area contributed by atoms with Crippen LogP contribution in [0, 0.1) is 11.8 Å². The van der Waals surface area contributed by atoms with Crippen molar-refractivity contribution in [2.24, 2.45) is 21.8 Å². The molecule has 0 bridgehead atoms. The molecule has 0 spiro atoms. The van der Waals surface area contributed by atoms with E-state index in [1.54, 1.807) is 0 Å². The van der Waals surface area contributed by atoms with E-state index in [9.17, 15) is 0 Å². The zero-order chi connectivity index (χ0) is 18.5. The summed E-state index contributed by atoms with van der Waals surface area (Å²) in [7, 11) is 1.00. The number of aliphatic imine (C=N–C) groups is 2. The van der Waals surface area contributed by atoms with Gasteiger partial charge in [0.2, 0.25) is 0 Å². The fourth-order valence-corrected chi connectivity index (χ4v) is 3.72. The van der Waals surface area contributed by atoms with Gasteiger partial charge in [0.05, 0.1) is 0 Å². The molecular formula is C21H39N3O. The van der Waals surface area contributed by atoms with Gasteiger partial charge in [-0.25, -0.2) is 0 Å². The van der Waals surface area contributed by atoms with E-state index in [1.165, 1.54) is 50.6 Å². The maximum Gasteiger partial charge on any atom is 0.0456 e. The van der Waals surface area contributed by atoms with Crippen LogP contribution in [0.4, 0.5) is 0 Å². The molecule has 144 valence electrons. The van der Waals surface area contributed by atoms with Crippen LogP contribution in [-0.2, 0) is 0 Å². The van der Waals surface area contributed by atoms with Crippen molar-refractivity contribution in [2.75, 3.05) is 33.3 Å². The smallest absolute Gasteiger partial charge is 0.0456 e. The first-order valence-electron chi connectivity index (χ1n) is 10.0. The molecule has 4 heteroatoms. The van der Waals surface area contributed by atoms with Crippen LogP contribution in [-0.4, -0.2) is 56.2 Å². The van der Waals surface area contributed by atoms with Crippen molar-refractivity contribution in [3.05, 3.63) is 11.3 Å². The minimum Gasteiger partial charge on any atom is -0.400 e. The Bertz CT molecular complexity index is 423. The van der Waals surface area contributed by atoms with Gasteiger partial charge in [-0.2, -0.15) is 0 Å². The Hall–Kier alpha value is -1.00. The summed E-state index contributed by atoms with van der Waals surface area (Å²) in [6.07, 6.45) is 12.8. The van der Waals surface area contributed by atoms with Crippen molar-refractivity contribution in [2.45, 2.75) is 65.2 Å². The van der Waals surface area contributed by atoms with E-state index >= 15 is 0 Å². The van der Waals surface area contributed by atoms with Crippen LogP contribution in [0.5, 0.6) is 0 Å². The first-order chi connectivity index (χ1) is 12.2. The number of hydrogen-bond acceptors (Lipinski definition) is 4. The van der Waals surface area contributed by atoms with Crippen LogP contribution in [0.1, 0.15) is 65.2 Å². The number of hydrogen-bond donors (Lipinski definition) is 1. The highest BCUT2D eigenvalue weighted by Gasteiger charge is 2.18. The molecule has 2 aliphatic rings. The van der Waals surface area contributed by atoms with Gasteiger partial charge >= 0.3 is 0 Å². The van der Waals surface area contributed by atoms with Gasteiger partial charge in [-0.3, -0.25) is 9.98 Å². The molecule has 0 aromatic heterocycles. The normalized spacial score (nSPS) is 20.5. The van der Waals surface area contributed by atoms with E-state index in [1.807, 2.05) is 0 Å². The van der Waals surface area contributed by atoms with Crippen molar-refractivity contribution in [1.82, 2.24) is 4.90 Å². The van der Waals surface area contributed by atoms with Crippen molar-refractivity contribution in [3.63, 3.8) is 0 Å². The van der Waals surface area contributed by atoms with Crippen LogP contribution >= 0.6 is 0 Å². The number of nitrogens with zero attached hydrogens (tertiary/aromatic N) is 3. The van der Waals surface area contributed by atoms with Crippen molar-refractivity contribution >= 4 is 12.9 Å². The lowest BCUT2D eigenvalue weighted by Crippen LogP contribution is -2.28. The van der Waals surface area contributed by atoms with Crippen LogP contribution < -0.4 is 0 Å². The minimum atomic E-state index is 0.616. The molecule has 1 aliphatic heterocycles. The predicted octanol–water partition coefficient (Wildman–Crippen LogP) is 4.34. The molecule has 0 unspecified atom stereocenters. The summed E-state index contributed by atoms with van der Waals surface area (Å²) in [6, 6.07) is 0. The zero-order valence-electron chi connectivity index (χ0n) is 16.7. The Morgan fingerprint density at radius 2 is 1.84 bits per heavy atom. The summed E-state index contributed by atoms with van der Waals surface area (Å²) in [4.78, 5) is 11.5. The zero-order valence-corrected chi connectivity index (χ0v) is 16.7. The fourth-order valence-electron chi connectivity index (χ4n) is 3.72. The summed E-state index contributed by atoms with van der Waals surface area (Å²) in [5.74, 6) is 1.59. The molecule has 25 heavy (non-hydrogen) atoms. The monoisotopic (exact) mass is 349 g/mol. The molecule has 0 aromatic carbocycles. The third-order valence-corrected chi connectivity index (χ3v) is 5.22. The van der Waals surface area contributed by atoms with Crippen molar-refractivity contribution in [3.8, 4) is 0 Å². The first-order valence-corrected chi connectivity index (χ1v) is 10.0. The summed E-state index contributed by atoms with van der Waals surface area (Å²) < 4.78 is 0. The molecular weight excluding hydrogens is 310 g/mol. The molecule has 1 saturated carbocycles. The highest BCUT2D eigenvalue weighted by Crippen LogP contribution is 2.27. The second kappa shape index (κ2) is 13.2. The van der Waals surface area contributed by atoms with Crippen LogP contribution in [0.15, 0.2) is 21.3 Å². The van der Waals surface area contributed by atoms with Crippen LogP contribution in [0.25, 0.3) is 0 Å². The van der Waals surface area contributed by atoms with Gasteiger partial charge in [-0.05, 0) is 43.5 Å². The maximum absolute atomic E-state index is 7.00. The number of aliphatic hydroxyl groups is 1. The largest absolute Gasteiger partial charge is 0.400 e. The minimum absolute atomic E-state index is 0.616. The molecule has 0 radical (unpaired) electrons. The lowest BCUT2D eigenvalue weighted by molar-refractivity contribution is 0.239. The lowest BCUT2D eigenvalue weighted by Gasteiger charge is -2.26. The molecule has 1 fully saturated rings. The van der Waals surface area contributed by atoms with Gasteiger partial charge in [0.15, 0.2) is 0 Å². The topological polar surface area (TPSA) is 48.2 Å². The molecule has 1 heterocycles. The van der Waals surface area contributed by atoms with E-state index in [0.29, 0.717) is 5.92 Å². The summed E-state index contributed by atoms with van der Waals surface area (Å²) in [6.45, 7) is 12.6. The van der Waals surface area contributed by atoms with E-state index in [2.05, 4.69) is 41.7 Å². The van der Waals surface area contributed by atoms with Gasteiger partial charge in [0.1, 0.15) is 0 Å². The Balaban J connectivity index is 0.00000151. The second-order valence-electron chi connectivity index (χ2n) is 7.65. The van der Waals surface area contributed by atoms with E-state index in [4.69, 9.17) is 5.11 Å². The third-order valence-electron chi connectivity index (χ3n) is 5.22. The van der Waals surface area contributed by atoms with Crippen molar-refractivity contribution in [1.29, 1.82) is 0 Å². The summed E-state index contributed by atoms with van der Waals surface area (Å²) >= 11 is 0. The van der Waals surface area contributed by atoms with Crippen molar-refractivity contribution < 1.29 is 5.11 Å². The highest BCUT2D eigenvalue weighted by molar-refractivity contribution is 5.80. The lowest BCUT2D eigenvalue weighted by atomic mass is 9.87. The SMILES string of the molecule is C=NC1=C(C=NCC(C)C)CCN(CCC2CCCCC2)CC1.CO. The van der Waals surface area contributed by atoms with Gasteiger partial charge in [-0.15, -0.1) is 0 Å². The standard InChI is InChI=1S/C20H35N3.CH4O/c1-17(2)15-22-16-19-10-13-23(14-11-20(19)21-3)12-9-18-7-5-4-6-8-18;1-2/h16-18H,3-15H2,1-2H3;2H,1H3. The van der Waals surface area contributed by atoms with Gasteiger partial charge in [-0.1, -0.05) is 46.0 Å². The van der Waals surface area contributed by atoms with E-state index < -0.39 is 0 Å². The molecule has 1 N–H and O–H groups in total. The number of rotatable bonds is 7. The molecule has 4 nitrogen and oxygen atoms in total. The van der Waals surface area contributed by atoms with Crippen LogP contribution in [0.2, 0.25) is 0 Å². The Labute approximate surface area is 155 Å². The summed E-state index contributed by atoms with van der Waals surface area (Å²) in [5.41, 5.74) is 2.47. The van der Waals surface area contributed by atoms with Gasteiger partial charge < -0.3 is 10.0 Å². The molecule has 2 rings (SSSR count). The Morgan fingerprint density at radius 3 is 2.48 bits per heavy atom. The van der Waals surface area contributed by atoms with Gasteiger partial charge in [0.25, 0.3) is 0 Å². The molecule has 0 amide bonds. The Morgan fingerprint density at radius 1 is 1.16 bits per heavy atom. The molecule has 0 atom stereocenters. The predicted molar refractivity (Wildman–Crippen MR) is 110 cm³/mol. The third kappa shape index (κ3) is 8.77. The number of aliphatic hydroxyl groups excluding tert-OH is 1. The molecule has 1 aliphatic carbocycles. The average Bonchev–Trinajstić information content (AvgIpc) is 2.84. The average molecular weight is 350 g/mol. The molecule has 0 saturated heterocycles. The highest BCUT2D eigenvalue weighted by atomic mass is 16.2. The van der Waals surface area contributed by atoms with E-state index in [-0.39, 0.29) is 0 Å². The Kier molecular flexibility index (Phi) is 11.7. The fraction of sp³-hybridized carbons (Fsp3) is 0.810. The second-order valence-corrected chi connectivity index (χ2v) is 7.65. The quantitative estimate of drug-likeness (QED) is 0.695. The van der Waals surface area contributed by atoms with Gasteiger partial charge in [0, 0.05) is 45.1 Å². The van der Waals surface area contributed by atoms with Crippen LogP contribution in [0.3, 0.4) is 0 Å². The van der Waals surface area contributed by atoms with E-state index in [0.717, 1.165) is 51.2 Å². The first kappa shape index (κ1) is 22.0. The summed E-state index contributed by atoms with van der Waals surface area (Å²) in [5, 5.41) is 7.00. The maximum atomic E-state index is 7.00.